The van der Waals surface area contributed by atoms with Crippen molar-refractivity contribution >= 4 is 43.9 Å². The van der Waals surface area contributed by atoms with Gasteiger partial charge in [-0.3, -0.25) is 4.79 Å². The summed E-state index contributed by atoms with van der Waals surface area (Å²) in [5, 5.41) is 6.27. The number of hydrogen-bond donors (Lipinski definition) is 2. The summed E-state index contributed by atoms with van der Waals surface area (Å²) >= 11 is 0. The quantitative estimate of drug-likeness (QED) is 0.407. The van der Waals surface area contributed by atoms with Crippen LogP contribution >= 0.6 is 0 Å². The van der Waals surface area contributed by atoms with Crippen molar-refractivity contribution in [1.82, 2.24) is 0 Å². The second-order valence-corrected chi connectivity index (χ2v) is 5.05. The SMILES string of the molecule is NC(=O)c1ccc2ccc3c(N)ccc4ccc1c2c43. The summed E-state index contributed by atoms with van der Waals surface area (Å²) in [6.07, 6.45) is 0. The molecule has 0 heterocycles. The fourth-order valence-corrected chi connectivity index (χ4v) is 3.04. The average Bonchev–Trinajstić information content (AvgIpc) is 2.46. The number of benzene rings is 4. The highest BCUT2D eigenvalue weighted by molar-refractivity contribution is 6.27. The van der Waals surface area contributed by atoms with Crippen LogP contribution < -0.4 is 11.5 Å². The van der Waals surface area contributed by atoms with Crippen molar-refractivity contribution in [1.29, 1.82) is 0 Å². The van der Waals surface area contributed by atoms with Gasteiger partial charge in [-0.05, 0) is 39.1 Å². The third kappa shape index (κ3) is 1.26. The summed E-state index contributed by atoms with van der Waals surface area (Å²) in [4.78, 5) is 11.6. The summed E-state index contributed by atoms with van der Waals surface area (Å²) < 4.78 is 0. The van der Waals surface area contributed by atoms with E-state index >= 15 is 0 Å². The van der Waals surface area contributed by atoms with E-state index in [0.29, 0.717) is 5.56 Å². The molecule has 3 heteroatoms. The number of nitrogen functional groups attached to an aromatic ring is 1. The molecule has 0 spiro atoms. The summed E-state index contributed by atoms with van der Waals surface area (Å²) in [7, 11) is 0. The number of anilines is 1. The minimum atomic E-state index is -0.407. The highest BCUT2D eigenvalue weighted by Gasteiger charge is 2.13. The zero-order valence-corrected chi connectivity index (χ0v) is 10.7. The monoisotopic (exact) mass is 260 g/mol. The van der Waals surface area contributed by atoms with Gasteiger partial charge in [0.1, 0.15) is 0 Å². The van der Waals surface area contributed by atoms with Crippen LogP contribution in [0.5, 0.6) is 0 Å². The molecular weight excluding hydrogens is 248 g/mol. The lowest BCUT2D eigenvalue weighted by molar-refractivity contribution is 0.100. The van der Waals surface area contributed by atoms with E-state index in [1.807, 2.05) is 42.5 Å². The van der Waals surface area contributed by atoms with Gasteiger partial charge in [0.15, 0.2) is 0 Å². The Kier molecular flexibility index (Phi) is 1.99. The second kappa shape index (κ2) is 3.61. The Bertz CT molecular complexity index is 988. The van der Waals surface area contributed by atoms with Crippen LogP contribution in [0.1, 0.15) is 10.4 Å². The predicted octanol–water partition coefficient (Wildman–Crippen LogP) is 3.27. The molecular formula is C17H12N2O. The van der Waals surface area contributed by atoms with Crippen molar-refractivity contribution in [2.75, 3.05) is 5.73 Å². The van der Waals surface area contributed by atoms with E-state index in [1.165, 1.54) is 0 Å². The Balaban J connectivity index is 2.38. The lowest BCUT2D eigenvalue weighted by Crippen LogP contribution is -2.11. The van der Waals surface area contributed by atoms with E-state index in [2.05, 4.69) is 0 Å². The minimum absolute atomic E-state index is 0.407. The Labute approximate surface area is 115 Å². The molecule has 3 nitrogen and oxygen atoms in total. The Morgan fingerprint density at radius 2 is 1.30 bits per heavy atom. The maximum absolute atomic E-state index is 11.6. The van der Waals surface area contributed by atoms with Crippen LogP contribution in [0.25, 0.3) is 32.3 Å². The van der Waals surface area contributed by atoms with Crippen molar-refractivity contribution in [3.05, 3.63) is 54.1 Å². The van der Waals surface area contributed by atoms with Crippen molar-refractivity contribution in [3.8, 4) is 0 Å². The third-order valence-electron chi connectivity index (χ3n) is 3.96. The Morgan fingerprint density at radius 3 is 2.00 bits per heavy atom. The molecule has 4 aromatic rings. The number of amides is 1. The molecule has 0 bridgehead atoms. The molecule has 0 atom stereocenters. The van der Waals surface area contributed by atoms with Gasteiger partial charge in [-0.15, -0.1) is 0 Å². The first-order chi connectivity index (χ1) is 9.66. The van der Waals surface area contributed by atoms with Gasteiger partial charge in [-0.1, -0.05) is 36.4 Å². The molecule has 0 saturated heterocycles. The van der Waals surface area contributed by atoms with E-state index in [0.717, 1.165) is 38.0 Å². The molecule has 0 unspecified atom stereocenters. The van der Waals surface area contributed by atoms with Gasteiger partial charge in [0, 0.05) is 16.6 Å². The maximum atomic E-state index is 11.6. The lowest BCUT2D eigenvalue weighted by Gasteiger charge is -2.13. The smallest absolute Gasteiger partial charge is 0.249 e. The number of rotatable bonds is 1. The highest BCUT2D eigenvalue weighted by Crippen LogP contribution is 2.37. The first kappa shape index (κ1) is 11.1. The van der Waals surface area contributed by atoms with Crippen LogP contribution in [0.3, 0.4) is 0 Å². The molecule has 4 aromatic carbocycles. The molecule has 96 valence electrons. The summed E-state index contributed by atoms with van der Waals surface area (Å²) in [6.45, 7) is 0. The zero-order chi connectivity index (χ0) is 13.9. The highest BCUT2D eigenvalue weighted by atomic mass is 16.1. The summed E-state index contributed by atoms with van der Waals surface area (Å²) in [5.74, 6) is -0.407. The van der Waals surface area contributed by atoms with E-state index in [1.54, 1.807) is 6.07 Å². The van der Waals surface area contributed by atoms with Gasteiger partial charge < -0.3 is 11.5 Å². The van der Waals surface area contributed by atoms with Crippen LogP contribution in [-0.4, -0.2) is 5.91 Å². The van der Waals surface area contributed by atoms with Crippen LogP contribution in [-0.2, 0) is 0 Å². The first-order valence-electron chi connectivity index (χ1n) is 6.42. The number of primary amides is 1. The van der Waals surface area contributed by atoms with Gasteiger partial charge in [-0.25, -0.2) is 0 Å². The molecule has 0 aliphatic rings. The van der Waals surface area contributed by atoms with Gasteiger partial charge in [-0.2, -0.15) is 0 Å². The fourth-order valence-electron chi connectivity index (χ4n) is 3.04. The number of hydrogen-bond acceptors (Lipinski definition) is 2. The van der Waals surface area contributed by atoms with Crippen molar-refractivity contribution in [2.45, 2.75) is 0 Å². The number of carbonyl (C=O) groups excluding carboxylic acids is 1. The largest absolute Gasteiger partial charge is 0.398 e. The van der Waals surface area contributed by atoms with Crippen LogP contribution in [0.2, 0.25) is 0 Å². The van der Waals surface area contributed by atoms with Gasteiger partial charge in [0.05, 0.1) is 0 Å². The molecule has 4 rings (SSSR count). The lowest BCUT2D eigenvalue weighted by atomic mass is 9.91. The van der Waals surface area contributed by atoms with E-state index in [9.17, 15) is 4.79 Å². The molecule has 0 aliphatic heterocycles. The van der Waals surface area contributed by atoms with Crippen LogP contribution in [0.4, 0.5) is 5.69 Å². The van der Waals surface area contributed by atoms with Crippen molar-refractivity contribution in [2.24, 2.45) is 5.73 Å². The molecule has 0 fully saturated rings. The molecule has 0 aromatic heterocycles. The third-order valence-corrected chi connectivity index (χ3v) is 3.96. The van der Waals surface area contributed by atoms with E-state index in [-0.39, 0.29) is 0 Å². The van der Waals surface area contributed by atoms with Gasteiger partial charge in [0.2, 0.25) is 5.91 Å². The normalized spacial score (nSPS) is 11.6. The second-order valence-electron chi connectivity index (χ2n) is 5.05. The Morgan fingerprint density at radius 1 is 0.750 bits per heavy atom. The summed E-state index contributed by atoms with van der Waals surface area (Å²) in [5.41, 5.74) is 12.8. The molecule has 0 saturated carbocycles. The first-order valence-corrected chi connectivity index (χ1v) is 6.42. The number of carbonyl (C=O) groups is 1. The zero-order valence-electron chi connectivity index (χ0n) is 10.7. The van der Waals surface area contributed by atoms with Crippen LogP contribution in [0, 0.1) is 0 Å². The van der Waals surface area contributed by atoms with Crippen molar-refractivity contribution < 1.29 is 4.79 Å². The predicted molar refractivity (Wildman–Crippen MR) is 83.1 cm³/mol. The standard InChI is InChI=1S/C17H12N2O/c18-14-8-4-10-1-5-11-12(17(19)20)6-2-9-3-7-13(14)16(10)15(9)11/h1-8H,18H2,(H2,19,20). The molecule has 0 aliphatic carbocycles. The number of nitrogens with two attached hydrogens (primary N) is 2. The Hall–Kier alpha value is -2.81. The minimum Gasteiger partial charge on any atom is -0.398 e. The topological polar surface area (TPSA) is 69.1 Å². The van der Waals surface area contributed by atoms with E-state index < -0.39 is 5.91 Å². The van der Waals surface area contributed by atoms with Crippen LogP contribution in [0.15, 0.2) is 48.5 Å². The fraction of sp³-hybridized carbons (Fsp3) is 0. The van der Waals surface area contributed by atoms with Gasteiger partial charge in [0.25, 0.3) is 0 Å². The summed E-state index contributed by atoms with van der Waals surface area (Å²) in [6, 6.07) is 15.7. The van der Waals surface area contributed by atoms with Gasteiger partial charge >= 0.3 is 0 Å². The average molecular weight is 260 g/mol. The molecule has 20 heavy (non-hydrogen) atoms. The molecule has 4 N–H and O–H groups in total. The molecule has 0 radical (unpaired) electrons. The molecule has 1 amide bonds. The maximum Gasteiger partial charge on any atom is 0.249 e. The van der Waals surface area contributed by atoms with E-state index in [4.69, 9.17) is 11.5 Å². The van der Waals surface area contributed by atoms with Crippen molar-refractivity contribution in [3.63, 3.8) is 0 Å².